The minimum absolute atomic E-state index is 0.288. The quantitative estimate of drug-likeness (QED) is 0.679. The van der Waals surface area contributed by atoms with Crippen LogP contribution in [0.25, 0.3) is 0 Å². The van der Waals surface area contributed by atoms with E-state index in [9.17, 15) is 27.2 Å². The highest BCUT2D eigenvalue weighted by molar-refractivity contribution is 6.18. The molecule has 0 saturated carbocycles. The first-order chi connectivity index (χ1) is 9.92. The minimum Gasteiger partial charge on any atom is -0.443 e. The number of carbonyl (C=O) groups excluding carboxylic acids is 2. The largest absolute Gasteiger partial charge is 0.443 e. The van der Waals surface area contributed by atoms with Crippen LogP contribution in [-0.2, 0) is 15.7 Å². The fourth-order valence-electron chi connectivity index (χ4n) is 1.99. The molecule has 0 saturated heterocycles. The molecule has 0 bridgehead atoms. The predicted molar refractivity (Wildman–Crippen MR) is 69.0 cm³/mol. The van der Waals surface area contributed by atoms with Gasteiger partial charge in [-0.3, -0.25) is 4.79 Å². The fourth-order valence-corrected chi connectivity index (χ4v) is 1.99. The highest BCUT2D eigenvalue weighted by atomic mass is 19.4. The average Bonchev–Trinajstić information content (AvgIpc) is 2.58. The van der Waals surface area contributed by atoms with Crippen LogP contribution in [0.4, 0.5) is 28.0 Å². The molecular formula is C14H13F4NO3. The summed E-state index contributed by atoms with van der Waals surface area (Å²) in [5.74, 6) is -1.26. The molecule has 1 aliphatic heterocycles. The number of nitrogens with zero attached hydrogens (tertiary/aromatic N) is 1. The van der Waals surface area contributed by atoms with Crippen molar-refractivity contribution in [2.45, 2.75) is 38.7 Å². The van der Waals surface area contributed by atoms with E-state index in [-0.39, 0.29) is 5.56 Å². The van der Waals surface area contributed by atoms with Crippen LogP contribution in [0.1, 0.15) is 38.1 Å². The molecule has 0 aromatic heterocycles. The van der Waals surface area contributed by atoms with Crippen molar-refractivity contribution in [1.82, 2.24) is 0 Å². The number of anilines is 1. The minimum atomic E-state index is -4.67. The Kier molecular flexibility index (Phi) is 3.67. The van der Waals surface area contributed by atoms with Crippen molar-refractivity contribution in [2.24, 2.45) is 0 Å². The summed E-state index contributed by atoms with van der Waals surface area (Å²) < 4.78 is 57.1. The smallest absolute Gasteiger partial charge is 0.421 e. The molecule has 0 spiro atoms. The summed E-state index contributed by atoms with van der Waals surface area (Å²) in [5.41, 5.74) is -2.79. The number of hydrogen-bond donors (Lipinski definition) is 0. The Morgan fingerprint density at radius 3 is 2.32 bits per heavy atom. The monoisotopic (exact) mass is 319 g/mol. The molecule has 120 valence electrons. The zero-order valence-electron chi connectivity index (χ0n) is 12.0. The molecule has 4 nitrogen and oxygen atoms in total. The van der Waals surface area contributed by atoms with Gasteiger partial charge in [-0.05, 0) is 32.9 Å². The van der Waals surface area contributed by atoms with Crippen LogP contribution in [0.5, 0.6) is 0 Å². The number of imide groups is 1. The lowest BCUT2D eigenvalue weighted by atomic mass is 10.1. The van der Waals surface area contributed by atoms with E-state index in [1.165, 1.54) is 20.8 Å². The van der Waals surface area contributed by atoms with Crippen LogP contribution < -0.4 is 4.90 Å². The number of ether oxygens (including phenoxy) is 1. The number of amides is 2. The van der Waals surface area contributed by atoms with Crippen LogP contribution in [0, 0.1) is 0 Å². The third-order valence-electron chi connectivity index (χ3n) is 2.88. The lowest BCUT2D eigenvalue weighted by Gasteiger charge is -2.24. The van der Waals surface area contributed by atoms with E-state index in [1.54, 1.807) is 0 Å². The number of carbonyl (C=O) groups is 2. The Morgan fingerprint density at radius 1 is 1.23 bits per heavy atom. The van der Waals surface area contributed by atoms with E-state index < -0.39 is 41.2 Å². The third kappa shape index (κ3) is 2.90. The molecular weight excluding hydrogens is 306 g/mol. The summed E-state index contributed by atoms with van der Waals surface area (Å²) in [6.07, 6.45) is -8.07. The van der Waals surface area contributed by atoms with Gasteiger partial charge in [-0.2, -0.15) is 13.2 Å². The summed E-state index contributed by atoms with van der Waals surface area (Å²) in [4.78, 5) is 24.1. The van der Waals surface area contributed by atoms with E-state index in [0.717, 1.165) is 6.07 Å². The maximum absolute atomic E-state index is 13.9. The topological polar surface area (TPSA) is 46.6 Å². The van der Waals surface area contributed by atoms with Crippen molar-refractivity contribution in [3.8, 4) is 0 Å². The van der Waals surface area contributed by atoms with E-state index >= 15 is 0 Å². The van der Waals surface area contributed by atoms with Crippen molar-refractivity contribution < 1.29 is 31.9 Å². The van der Waals surface area contributed by atoms with Gasteiger partial charge < -0.3 is 4.74 Å². The molecule has 1 unspecified atom stereocenters. The first kappa shape index (κ1) is 16.3. The number of alkyl halides is 4. The molecule has 1 aromatic carbocycles. The zero-order valence-corrected chi connectivity index (χ0v) is 12.0. The van der Waals surface area contributed by atoms with Crippen LogP contribution in [0.3, 0.4) is 0 Å². The number of fused-ring (bicyclic) bond motifs is 1. The lowest BCUT2D eigenvalue weighted by Crippen LogP contribution is -2.39. The molecule has 0 N–H and O–H groups in total. The second kappa shape index (κ2) is 4.96. The Morgan fingerprint density at radius 2 is 1.82 bits per heavy atom. The van der Waals surface area contributed by atoms with Gasteiger partial charge in [-0.1, -0.05) is 6.07 Å². The summed E-state index contributed by atoms with van der Waals surface area (Å²) in [6.45, 7) is 4.56. The Bertz CT molecular complexity index is 634. The van der Waals surface area contributed by atoms with Crippen LogP contribution in [0.2, 0.25) is 0 Å². The number of rotatable bonds is 0. The van der Waals surface area contributed by atoms with Gasteiger partial charge in [0, 0.05) is 5.56 Å². The van der Waals surface area contributed by atoms with Gasteiger partial charge in [0.15, 0.2) is 0 Å². The van der Waals surface area contributed by atoms with E-state index in [1.807, 2.05) is 0 Å². The second-order valence-corrected chi connectivity index (χ2v) is 5.79. The van der Waals surface area contributed by atoms with Crippen LogP contribution in [0.15, 0.2) is 18.2 Å². The molecule has 0 aliphatic carbocycles. The molecule has 0 fully saturated rings. The van der Waals surface area contributed by atoms with Crippen molar-refractivity contribution in [3.63, 3.8) is 0 Å². The van der Waals surface area contributed by atoms with Crippen LogP contribution in [-0.4, -0.2) is 17.6 Å². The van der Waals surface area contributed by atoms with Gasteiger partial charge in [-0.25, -0.2) is 14.1 Å². The lowest BCUT2D eigenvalue weighted by molar-refractivity contribution is -0.137. The Hall–Kier alpha value is -2.12. The second-order valence-electron chi connectivity index (χ2n) is 5.79. The fraction of sp³-hybridized carbons (Fsp3) is 0.429. The number of benzene rings is 1. The van der Waals surface area contributed by atoms with Crippen molar-refractivity contribution in [1.29, 1.82) is 0 Å². The first-order valence-corrected chi connectivity index (χ1v) is 6.34. The van der Waals surface area contributed by atoms with Crippen molar-refractivity contribution >= 4 is 17.7 Å². The predicted octanol–water partition coefficient (Wildman–Crippen LogP) is 4.00. The summed E-state index contributed by atoms with van der Waals surface area (Å²) in [5, 5.41) is 0. The molecule has 2 amide bonds. The average molecular weight is 319 g/mol. The maximum atomic E-state index is 13.9. The Balaban J connectivity index is 2.47. The standard InChI is InChI=1S/C14H13F4NO3/c1-13(2,3)22-12(21)19-9-6-7(14(16,17)18)4-5-8(9)10(15)11(19)20/h4-6,10H,1-3H3. The van der Waals surface area contributed by atoms with E-state index in [0.29, 0.717) is 17.0 Å². The first-order valence-electron chi connectivity index (χ1n) is 6.34. The maximum Gasteiger partial charge on any atom is 0.421 e. The molecule has 1 atom stereocenters. The third-order valence-corrected chi connectivity index (χ3v) is 2.88. The van der Waals surface area contributed by atoms with Gasteiger partial charge in [0.1, 0.15) is 5.60 Å². The van der Waals surface area contributed by atoms with Gasteiger partial charge in [0.25, 0.3) is 5.91 Å². The molecule has 0 radical (unpaired) electrons. The molecule has 1 aliphatic rings. The Labute approximate surface area is 123 Å². The molecule has 2 rings (SSSR count). The van der Waals surface area contributed by atoms with Crippen molar-refractivity contribution in [3.05, 3.63) is 29.3 Å². The van der Waals surface area contributed by atoms with E-state index in [2.05, 4.69) is 0 Å². The summed E-state index contributed by atoms with van der Waals surface area (Å²) in [6, 6.07) is 2.08. The molecule has 1 heterocycles. The number of halogens is 4. The van der Waals surface area contributed by atoms with Crippen molar-refractivity contribution in [2.75, 3.05) is 4.90 Å². The van der Waals surface area contributed by atoms with Gasteiger partial charge in [0.05, 0.1) is 11.3 Å². The number of hydrogen-bond acceptors (Lipinski definition) is 3. The summed E-state index contributed by atoms with van der Waals surface area (Å²) >= 11 is 0. The summed E-state index contributed by atoms with van der Waals surface area (Å²) in [7, 11) is 0. The van der Waals surface area contributed by atoms with Gasteiger partial charge in [-0.15, -0.1) is 0 Å². The SMILES string of the molecule is CC(C)(C)OC(=O)N1C(=O)C(F)c2ccc(C(F)(F)F)cc21. The van der Waals surface area contributed by atoms with E-state index in [4.69, 9.17) is 4.74 Å². The highest BCUT2D eigenvalue weighted by Gasteiger charge is 2.44. The van der Waals surface area contributed by atoms with Gasteiger partial charge >= 0.3 is 12.3 Å². The van der Waals surface area contributed by atoms with Gasteiger partial charge in [0.2, 0.25) is 6.17 Å². The highest BCUT2D eigenvalue weighted by Crippen LogP contribution is 2.42. The normalized spacial score (nSPS) is 18.4. The molecule has 1 aromatic rings. The zero-order chi connectivity index (χ0) is 16.9. The van der Waals surface area contributed by atoms with Crippen LogP contribution >= 0.6 is 0 Å². The molecule has 22 heavy (non-hydrogen) atoms. The molecule has 8 heteroatoms.